The molecule has 6 heteroatoms. The molecule has 0 amide bonds. The van der Waals surface area contributed by atoms with E-state index in [-0.39, 0.29) is 11.6 Å². The molecule has 2 aromatic heterocycles. The Bertz CT molecular complexity index is 782. The summed E-state index contributed by atoms with van der Waals surface area (Å²) in [6.45, 7) is 4.17. The van der Waals surface area contributed by atoms with Gasteiger partial charge in [-0.05, 0) is 64.4 Å². The van der Waals surface area contributed by atoms with Gasteiger partial charge in [0.1, 0.15) is 0 Å². The second kappa shape index (κ2) is 6.31. The second-order valence-corrected chi connectivity index (χ2v) is 8.27. The van der Waals surface area contributed by atoms with Gasteiger partial charge in [0.05, 0.1) is 17.4 Å². The molecule has 2 aliphatic carbocycles. The van der Waals surface area contributed by atoms with Crippen molar-refractivity contribution in [3.63, 3.8) is 0 Å². The smallest absolute Gasteiger partial charge is 0.267 e. The van der Waals surface area contributed by atoms with E-state index in [1.54, 1.807) is 16.0 Å². The van der Waals surface area contributed by atoms with Crippen molar-refractivity contribution < 1.29 is 0 Å². The summed E-state index contributed by atoms with van der Waals surface area (Å²) in [5.41, 5.74) is 3.51. The summed E-state index contributed by atoms with van der Waals surface area (Å²) in [5.74, 6) is 0. The van der Waals surface area contributed by atoms with E-state index in [1.165, 1.54) is 10.4 Å². The van der Waals surface area contributed by atoms with Crippen LogP contribution in [0.25, 0.3) is 0 Å². The molecule has 0 radical (unpaired) electrons. The molecule has 4 rings (SSSR count). The van der Waals surface area contributed by atoms with Crippen LogP contribution in [0.3, 0.4) is 0 Å². The summed E-state index contributed by atoms with van der Waals surface area (Å²) in [6, 6.07) is 2.53. The zero-order valence-corrected chi connectivity index (χ0v) is 15.2. The maximum absolute atomic E-state index is 12.4. The van der Waals surface area contributed by atoms with Crippen LogP contribution in [0.2, 0.25) is 0 Å². The van der Waals surface area contributed by atoms with Gasteiger partial charge in [0.15, 0.2) is 5.13 Å². The van der Waals surface area contributed by atoms with Gasteiger partial charge in [0, 0.05) is 17.0 Å². The van der Waals surface area contributed by atoms with Crippen LogP contribution < -0.4 is 10.9 Å². The Morgan fingerprint density at radius 2 is 2.00 bits per heavy atom. The highest BCUT2D eigenvalue weighted by Gasteiger charge is 2.25. The molecule has 128 valence electrons. The summed E-state index contributed by atoms with van der Waals surface area (Å²) in [4.78, 5) is 18.2. The Hall–Kier alpha value is -1.69. The Kier molecular flexibility index (Phi) is 4.16. The van der Waals surface area contributed by atoms with Gasteiger partial charge >= 0.3 is 0 Å². The topological polar surface area (TPSA) is 59.8 Å². The molecule has 2 aromatic rings. The van der Waals surface area contributed by atoms with Gasteiger partial charge in [-0.2, -0.15) is 5.10 Å². The highest BCUT2D eigenvalue weighted by Crippen LogP contribution is 2.31. The van der Waals surface area contributed by atoms with Gasteiger partial charge in [-0.25, -0.2) is 9.67 Å². The minimum Gasteiger partial charge on any atom is -0.359 e. The van der Waals surface area contributed by atoms with Crippen molar-refractivity contribution >= 4 is 16.5 Å². The minimum absolute atomic E-state index is 0.0817. The molecule has 0 spiro atoms. The van der Waals surface area contributed by atoms with Crippen LogP contribution in [0, 0.1) is 13.8 Å². The maximum atomic E-state index is 12.4. The Labute approximate surface area is 146 Å². The van der Waals surface area contributed by atoms with Crippen LogP contribution in [-0.4, -0.2) is 20.8 Å². The maximum Gasteiger partial charge on any atom is 0.267 e. The first-order valence-electron chi connectivity index (χ1n) is 8.92. The Morgan fingerprint density at radius 1 is 1.21 bits per heavy atom. The molecule has 5 nitrogen and oxygen atoms in total. The lowest BCUT2D eigenvalue weighted by atomic mass is 9.91. The van der Waals surface area contributed by atoms with Gasteiger partial charge in [0.25, 0.3) is 5.56 Å². The molecule has 1 N–H and O–H groups in total. The van der Waals surface area contributed by atoms with Gasteiger partial charge in [0.2, 0.25) is 0 Å². The lowest BCUT2D eigenvalue weighted by molar-refractivity contribution is 0.302. The zero-order valence-electron chi connectivity index (χ0n) is 14.3. The predicted octanol–water partition coefficient (Wildman–Crippen LogP) is 3.40. The minimum atomic E-state index is 0.0817. The number of aryl methyl sites for hydroxylation is 4. The number of rotatable bonds is 3. The van der Waals surface area contributed by atoms with Crippen LogP contribution in [0.1, 0.15) is 60.0 Å². The monoisotopic (exact) mass is 344 g/mol. The first-order chi connectivity index (χ1) is 11.6. The average Bonchev–Trinajstić information content (AvgIpc) is 3.13. The Balaban J connectivity index is 1.42. The van der Waals surface area contributed by atoms with E-state index in [9.17, 15) is 4.79 Å². The first-order valence-corrected chi connectivity index (χ1v) is 9.74. The lowest BCUT2D eigenvalue weighted by Gasteiger charge is -2.29. The van der Waals surface area contributed by atoms with E-state index in [0.717, 1.165) is 61.5 Å². The molecule has 0 aliphatic heterocycles. The number of nitrogens with one attached hydrogen (secondary N) is 1. The quantitative estimate of drug-likeness (QED) is 0.927. The van der Waals surface area contributed by atoms with Gasteiger partial charge < -0.3 is 5.32 Å². The van der Waals surface area contributed by atoms with Crippen LogP contribution >= 0.6 is 11.3 Å². The molecule has 0 aromatic carbocycles. The number of fused-ring (bicyclic) bond motifs is 1. The van der Waals surface area contributed by atoms with Crippen LogP contribution in [-0.2, 0) is 12.8 Å². The normalized spacial score (nSPS) is 23.2. The molecule has 0 atom stereocenters. The summed E-state index contributed by atoms with van der Waals surface area (Å²) in [7, 11) is 0. The third-order valence-corrected chi connectivity index (χ3v) is 6.39. The molecular formula is C18H24N4OS. The number of hydrogen-bond acceptors (Lipinski definition) is 5. The van der Waals surface area contributed by atoms with Crippen molar-refractivity contribution in [3.8, 4) is 0 Å². The van der Waals surface area contributed by atoms with E-state index in [4.69, 9.17) is 0 Å². The number of thiazole rings is 1. The average molecular weight is 344 g/mol. The molecule has 24 heavy (non-hydrogen) atoms. The third-order valence-electron chi connectivity index (χ3n) is 5.38. The number of hydrogen-bond donors (Lipinski definition) is 1. The molecular weight excluding hydrogens is 320 g/mol. The summed E-state index contributed by atoms with van der Waals surface area (Å²) in [6.07, 6.45) is 7.31. The fourth-order valence-electron chi connectivity index (χ4n) is 3.85. The van der Waals surface area contributed by atoms with Crippen molar-refractivity contribution in [2.45, 2.75) is 70.9 Å². The van der Waals surface area contributed by atoms with Crippen LogP contribution in [0.4, 0.5) is 5.13 Å². The van der Waals surface area contributed by atoms with E-state index in [1.807, 2.05) is 6.07 Å². The largest absolute Gasteiger partial charge is 0.359 e. The fraction of sp³-hybridized carbons (Fsp3) is 0.611. The SMILES string of the molecule is Cc1nc(NC2CCC(n3nc4c(cc3=O)CCC4)CC2)sc1C. The van der Waals surface area contributed by atoms with Crippen molar-refractivity contribution in [1.29, 1.82) is 0 Å². The lowest BCUT2D eigenvalue weighted by Crippen LogP contribution is -2.33. The van der Waals surface area contributed by atoms with Crippen molar-refractivity contribution in [2.75, 3.05) is 5.32 Å². The predicted molar refractivity (Wildman–Crippen MR) is 97.0 cm³/mol. The van der Waals surface area contributed by atoms with E-state index >= 15 is 0 Å². The van der Waals surface area contributed by atoms with Gasteiger partial charge in [-0.15, -0.1) is 11.3 Å². The molecule has 2 aliphatic rings. The standard InChI is InChI=1S/C18H24N4OS/c1-11-12(2)24-18(19-11)20-14-6-8-15(9-7-14)22-17(23)10-13-4-3-5-16(13)21-22/h10,14-15H,3-9H2,1-2H3,(H,19,20). The Morgan fingerprint density at radius 3 is 2.71 bits per heavy atom. The second-order valence-electron chi connectivity index (χ2n) is 7.06. The van der Waals surface area contributed by atoms with Crippen LogP contribution in [0.5, 0.6) is 0 Å². The highest BCUT2D eigenvalue weighted by atomic mass is 32.1. The molecule has 2 heterocycles. The molecule has 1 saturated carbocycles. The summed E-state index contributed by atoms with van der Waals surface area (Å²) >= 11 is 1.73. The molecule has 1 fully saturated rings. The number of nitrogens with zero attached hydrogens (tertiary/aromatic N) is 3. The third kappa shape index (κ3) is 2.99. The van der Waals surface area contributed by atoms with Gasteiger partial charge in [-0.3, -0.25) is 4.79 Å². The number of aromatic nitrogens is 3. The van der Waals surface area contributed by atoms with Gasteiger partial charge in [-0.1, -0.05) is 0 Å². The first kappa shape index (κ1) is 15.8. The molecule has 0 unspecified atom stereocenters. The number of anilines is 1. The molecule has 0 saturated heterocycles. The van der Waals surface area contributed by atoms with Crippen molar-refractivity contribution in [2.24, 2.45) is 0 Å². The van der Waals surface area contributed by atoms with Crippen LogP contribution in [0.15, 0.2) is 10.9 Å². The fourth-order valence-corrected chi connectivity index (χ4v) is 4.74. The van der Waals surface area contributed by atoms with E-state index < -0.39 is 0 Å². The van der Waals surface area contributed by atoms with E-state index in [2.05, 4.69) is 29.2 Å². The highest BCUT2D eigenvalue weighted by molar-refractivity contribution is 7.15. The van der Waals surface area contributed by atoms with Crippen molar-refractivity contribution in [1.82, 2.24) is 14.8 Å². The van der Waals surface area contributed by atoms with Crippen molar-refractivity contribution in [3.05, 3.63) is 38.2 Å². The summed E-state index contributed by atoms with van der Waals surface area (Å²) < 4.78 is 1.76. The molecule has 0 bridgehead atoms. The van der Waals surface area contributed by atoms with E-state index in [0.29, 0.717) is 6.04 Å². The zero-order chi connectivity index (χ0) is 16.7. The summed E-state index contributed by atoms with van der Waals surface area (Å²) in [5, 5.41) is 9.27.